The lowest BCUT2D eigenvalue weighted by molar-refractivity contribution is 0.0602. The van der Waals surface area contributed by atoms with E-state index in [0.29, 0.717) is 11.7 Å². The van der Waals surface area contributed by atoms with Gasteiger partial charge in [0.1, 0.15) is 5.82 Å². The largest absolute Gasteiger partial charge is 0.465 e. The number of nitrogens with two attached hydrogens (primary N) is 1. The zero-order valence-electron chi connectivity index (χ0n) is 11.3. The van der Waals surface area contributed by atoms with Gasteiger partial charge in [0.15, 0.2) is 0 Å². The van der Waals surface area contributed by atoms with Gasteiger partial charge in [-0.25, -0.2) is 9.18 Å². The van der Waals surface area contributed by atoms with Crippen molar-refractivity contribution in [2.24, 2.45) is 0 Å². The van der Waals surface area contributed by atoms with Crippen LogP contribution in [0.5, 0.6) is 0 Å². The van der Waals surface area contributed by atoms with Crippen LogP contribution in [0.2, 0.25) is 0 Å². The van der Waals surface area contributed by atoms with Gasteiger partial charge in [0.25, 0.3) is 0 Å². The number of rotatable bonds is 3. The Labute approximate surface area is 112 Å². The normalized spacial score (nSPS) is 15.5. The molecule has 0 radical (unpaired) electrons. The summed E-state index contributed by atoms with van der Waals surface area (Å²) in [6, 6.07) is 2.99. The summed E-state index contributed by atoms with van der Waals surface area (Å²) in [7, 11) is 3.14. The predicted octanol–water partition coefficient (Wildman–Crippen LogP) is 2.57. The third kappa shape index (κ3) is 2.64. The first-order chi connectivity index (χ1) is 9.04. The number of halogens is 1. The van der Waals surface area contributed by atoms with Crippen molar-refractivity contribution in [1.29, 1.82) is 0 Å². The van der Waals surface area contributed by atoms with Crippen LogP contribution in [-0.2, 0) is 4.74 Å². The molecular weight excluding hydrogens is 247 g/mol. The molecule has 0 unspecified atom stereocenters. The number of carbonyl (C=O) groups is 1. The Morgan fingerprint density at radius 1 is 1.42 bits per heavy atom. The van der Waals surface area contributed by atoms with Crippen molar-refractivity contribution in [2.75, 3.05) is 24.8 Å². The molecule has 1 fully saturated rings. The van der Waals surface area contributed by atoms with E-state index in [1.165, 1.54) is 19.2 Å². The maximum absolute atomic E-state index is 14.0. The number of nitrogen functional groups attached to an aromatic ring is 1. The van der Waals surface area contributed by atoms with Crippen LogP contribution in [0.15, 0.2) is 12.1 Å². The number of carbonyl (C=O) groups excluding carboxylic acids is 1. The number of hydrogen-bond acceptors (Lipinski definition) is 4. The van der Waals surface area contributed by atoms with E-state index in [9.17, 15) is 9.18 Å². The molecule has 0 spiro atoms. The van der Waals surface area contributed by atoms with Gasteiger partial charge in [0.05, 0.1) is 18.4 Å². The van der Waals surface area contributed by atoms with E-state index in [2.05, 4.69) is 4.74 Å². The second-order valence-corrected chi connectivity index (χ2v) is 4.93. The highest BCUT2D eigenvalue weighted by atomic mass is 19.1. The van der Waals surface area contributed by atoms with Crippen LogP contribution in [0.4, 0.5) is 15.8 Å². The van der Waals surface area contributed by atoms with E-state index in [1.54, 1.807) is 0 Å². The first-order valence-corrected chi connectivity index (χ1v) is 6.44. The van der Waals surface area contributed by atoms with Crippen LogP contribution in [0.3, 0.4) is 0 Å². The van der Waals surface area contributed by atoms with Gasteiger partial charge in [-0.15, -0.1) is 0 Å². The van der Waals surface area contributed by atoms with Crippen molar-refractivity contribution in [3.63, 3.8) is 0 Å². The van der Waals surface area contributed by atoms with Crippen molar-refractivity contribution < 1.29 is 13.9 Å². The fraction of sp³-hybridized carbons (Fsp3) is 0.500. The molecule has 1 aromatic carbocycles. The standard InChI is InChI=1S/C14H19FN2O2/c1-17(9-5-3-4-6-9)13-7-10(14(18)19-2)12(16)8-11(13)15/h7-9H,3-6,16H2,1-2H3. The van der Waals surface area contributed by atoms with Gasteiger partial charge in [0, 0.05) is 18.8 Å². The summed E-state index contributed by atoms with van der Waals surface area (Å²) >= 11 is 0. The van der Waals surface area contributed by atoms with Gasteiger partial charge in [-0.1, -0.05) is 12.8 Å². The zero-order valence-corrected chi connectivity index (χ0v) is 11.3. The van der Waals surface area contributed by atoms with Crippen LogP contribution in [0, 0.1) is 5.82 Å². The fourth-order valence-corrected chi connectivity index (χ4v) is 2.62. The van der Waals surface area contributed by atoms with E-state index < -0.39 is 11.8 Å². The molecule has 0 saturated heterocycles. The van der Waals surface area contributed by atoms with Crippen LogP contribution in [0.1, 0.15) is 36.0 Å². The topological polar surface area (TPSA) is 55.6 Å². The molecule has 0 atom stereocenters. The van der Waals surface area contributed by atoms with Crippen LogP contribution in [-0.4, -0.2) is 26.2 Å². The molecule has 0 amide bonds. The summed E-state index contributed by atoms with van der Waals surface area (Å²) in [4.78, 5) is 13.5. The Hall–Kier alpha value is -1.78. The van der Waals surface area contributed by atoms with Gasteiger partial charge in [-0.3, -0.25) is 0 Å². The molecule has 0 aromatic heterocycles. The molecule has 0 bridgehead atoms. The van der Waals surface area contributed by atoms with Crippen molar-refractivity contribution in [1.82, 2.24) is 0 Å². The van der Waals surface area contributed by atoms with Crippen molar-refractivity contribution in [2.45, 2.75) is 31.7 Å². The molecule has 2 N–H and O–H groups in total. The van der Waals surface area contributed by atoms with E-state index in [4.69, 9.17) is 5.73 Å². The summed E-state index contributed by atoms with van der Waals surface area (Å²) in [5, 5.41) is 0. The summed E-state index contributed by atoms with van der Waals surface area (Å²) < 4.78 is 18.7. The third-order valence-corrected chi connectivity index (χ3v) is 3.78. The van der Waals surface area contributed by atoms with Gasteiger partial charge in [-0.05, 0) is 25.0 Å². The molecule has 19 heavy (non-hydrogen) atoms. The highest BCUT2D eigenvalue weighted by Gasteiger charge is 2.24. The smallest absolute Gasteiger partial charge is 0.340 e. The lowest BCUT2D eigenvalue weighted by atomic mass is 10.1. The summed E-state index contributed by atoms with van der Waals surface area (Å²) in [6.07, 6.45) is 4.42. The lowest BCUT2D eigenvalue weighted by Gasteiger charge is -2.27. The Balaban J connectivity index is 2.36. The molecule has 0 aliphatic heterocycles. The SMILES string of the molecule is COC(=O)c1cc(N(C)C2CCCC2)c(F)cc1N. The number of anilines is 2. The van der Waals surface area contributed by atoms with E-state index in [-0.39, 0.29) is 11.3 Å². The Kier molecular flexibility index (Phi) is 3.93. The molecule has 104 valence electrons. The molecule has 1 aliphatic carbocycles. The average Bonchev–Trinajstić information content (AvgIpc) is 2.91. The number of hydrogen-bond donors (Lipinski definition) is 1. The monoisotopic (exact) mass is 266 g/mol. The Morgan fingerprint density at radius 3 is 2.63 bits per heavy atom. The van der Waals surface area contributed by atoms with Crippen LogP contribution in [0.25, 0.3) is 0 Å². The minimum atomic E-state index is -0.543. The van der Waals surface area contributed by atoms with Gasteiger partial charge < -0.3 is 15.4 Å². The quantitative estimate of drug-likeness (QED) is 0.675. The molecule has 1 aliphatic rings. The number of benzene rings is 1. The maximum atomic E-state index is 14.0. The molecule has 1 aromatic rings. The fourth-order valence-electron chi connectivity index (χ4n) is 2.62. The molecular formula is C14H19FN2O2. The number of methoxy groups -OCH3 is 1. The zero-order chi connectivity index (χ0) is 14.0. The molecule has 0 heterocycles. The van der Waals surface area contributed by atoms with Gasteiger partial charge >= 0.3 is 5.97 Å². The van der Waals surface area contributed by atoms with Gasteiger partial charge in [0.2, 0.25) is 0 Å². The minimum Gasteiger partial charge on any atom is -0.465 e. The maximum Gasteiger partial charge on any atom is 0.340 e. The summed E-state index contributed by atoms with van der Waals surface area (Å²) in [5.74, 6) is -0.946. The van der Waals surface area contributed by atoms with E-state index >= 15 is 0 Å². The average molecular weight is 266 g/mol. The van der Waals surface area contributed by atoms with E-state index in [1.807, 2.05) is 11.9 Å². The number of ether oxygens (including phenoxy) is 1. The van der Waals surface area contributed by atoms with Crippen LogP contribution < -0.4 is 10.6 Å². The first-order valence-electron chi connectivity index (χ1n) is 6.44. The lowest BCUT2D eigenvalue weighted by Crippen LogP contribution is -2.30. The third-order valence-electron chi connectivity index (χ3n) is 3.78. The molecule has 2 rings (SSSR count). The second-order valence-electron chi connectivity index (χ2n) is 4.93. The number of nitrogens with zero attached hydrogens (tertiary/aromatic N) is 1. The van der Waals surface area contributed by atoms with Crippen molar-refractivity contribution in [3.8, 4) is 0 Å². The molecule has 4 nitrogen and oxygen atoms in total. The first kappa shape index (κ1) is 13.6. The Bertz CT molecular complexity index is 485. The molecule has 5 heteroatoms. The highest BCUT2D eigenvalue weighted by molar-refractivity contribution is 5.96. The van der Waals surface area contributed by atoms with Crippen molar-refractivity contribution in [3.05, 3.63) is 23.5 Å². The number of esters is 1. The minimum absolute atomic E-state index is 0.105. The summed E-state index contributed by atoms with van der Waals surface area (Å²) in [5.41, 5.74) is 6.38. The van der Waals surface area contributed by atoms with Crippen molar-refractivity contribution >= 4 is 17.3 Å². The molecule has 1 saturated carbocycles. The van der Waals surface area contributed by atoms with Gasteiger partial charge in [-0.2, -0.15) is 0 Å². The second kappa shape index (κ2) is 5.47. The van der Waals surface area contributed by atoms with E-state index in [0.717, 1.165) is 25.7 Å². The van der Waals surface area contributed by atoms with Crippen LogP contribution >= 0.6 is 0 Å². The Morgan fingerprint density at radius 2 is 2.05 bits per heavy atom. The highest BCUT2D eigenvalue weighted by Crippen LogP contribution is 2.31. The summed E-state index contributed by atoms with van der Waals surface area (Å²) in [6.45, 7) is 0. The predicted molar refractivity (Wildman–Crippen MR) is 72.8 cm³/mol.